The smallest absolute Gasteiger partial charge is 0.222 e. The van der Waals surface area contributed by atoms with Crippen molar-refractivity contribution in [1.82, 2.24) is 5.32 Å². The third kappa shape index (κ3) is 9.57. The first-order valence-electron chi connectivity index (χ1n) is 8.83. The zero-order chi connectivity index (χ0) is 20.7. The van der Waals surface area contributed by atoms with Gasteiger partial charge in [0, 0.05) is 36.4 Å². The van der Waals surface area contributed by atoms with Crippen LogP contribution in [0.3, 0.4) is 0 Å². The number of Topliss-reactive ketones (excluding diaryl/α,β-unsaturated/α-hetero) is 1. The number of hydrogen-bond acceptors (Lipinski definition) is 4. The topological polar surface area (TPSA) is 80.3 Å². The molecule has 1 N–H and O–H groups in total. The summed E-state index contributed by atoms with van der Waals surface area (Å²) in [6.45, 7) is 9.46. The minimum absolute atomic E-state index is 0.00171. The zero-order valence-electron chi connectivity index (χ0n) is 16.7. The maximum absolute atomic E-state index is 11.7. The van der Waals surface area contributed by atoms with E-state index in [2.05, 4.69) is 14.6 Å². The lowest BCUT2D eigenvalue weighted by Gasteiger charge is -2.08. The number of amides is 1. The van der Waals surface area contributed by atoms with Gasteiger partial charge in [-0.25, -0.2) is 0 Å². The van der Waals surface area contributed by atoms with Gasteiger partial charge in [-0.15, -0.1) is 9.24 Å². The van der Waals surface area contributed by atoms with Gasteiger partial charge in [-0.1, -0.05) is 52.8 Å². The number of carbonyl (C=O) groups is 4. The molecule has 2 atom stereocenters. The van der Waals surface area contributed by atoms with Crippen molar-refractivity contribution in [2.24, 2.45) is 11.8 Å². The average molecular weight is 381 g/mol. The number of aldehydes is 2. The van der Waals surface area contributed by atoms with Crippen molar-refractivity contribution >= 4 is 38.8 Å². The molecule has 0 fully saturated rings. The van der Waals surface area contributed by atoms with Gasteiger partial charge in [-0.05, 0) is 11.7 Å². The number of rotatable bonds is 7. The van der Waals surface area contributed by atoms with E-state index < -0.39 is 0 Å². The summed E-state index contributed by atoms with van der Waals surface area (Å²) < 4.78 is 0. The highest BCUT2D eigenvalue weighted by Gasteiger charge is 2.15. The summed E-state index contributed by atoms with van der Waals surface area (Å²) in [5.74, 6) is -0.117. The standard InChI is InChI=1S/C11H13O2P.C7H13NO2.C2H6/c1-7(2)11(13)8-4-3-5-10(14)9(8)6-12;1-6(4-3-5-9)7(10)8-2;1-2/h3-7H,14H2,1-2H3;5-6H,3-4H2,1-2H3,(H,8,10);1-2H3. The van der Waals surface area contributed by atoms with E-state index in [4.69, 9.17) is 0 Å². The Morgan fingerprint density at radius 1 is 1.15 bits per heavy atom. The molecule has 6 heteroatoms. The Labute approximate surface area is 159 Å². The molecular weight excluding hydrogens is 349 g/mol. The van der Waals surface area contributed by atoms with Gasteiger partial charge in [0.25, 0.3) is 0 Å². The molecule has 1 rings (SSSR count). The van der Waals surface area contributed by atoms with Gasteiger partial charge in [0.1, 0.15) is 6.29 Å². The van der Waals surface area contributed by atoms with Crippen LogP contribution in [0.5, 0.6) is 0 Å². The highest BCUT2D eigenvalue weighted by atomic mass is 31.0. The first kappa shape index (κ1) is 26.4. The van der Waals surface area contributed by atoms with Crippen LogP contribution in [0.4, 0.5) is 0 Å². The molecule has 0 aliphatic carbocycles. The molecule has 1 amide bonds. The molecular formula is C20H32NO4P. The predicted octanol–water partition coefficient (Wildman–Crippen LogP) is 3.21. The summed E-state index contributed by atoms with van der Waals surface area (Å²) in [6, 6.07) is 5.27. The van der Waals surface area contributed by atoms with Crippen LogP contribution in [0.2, 0.25) is 0 Å². The highest BCUT2D eigenvalue weighted by Crippen LogP contribution is 2.12. The van der Waals surface area contributed by atoms with Crippen LogP contribution < -0.4 is 10.6 Å². The van der Waals surface area contributed by atoms with Gasteiger partial charge < -0.3 is 10.1 Å². The fourth-order valence-corrected chi connectivity index (χ4v) is 2.27. The molecule has 0 saturated carbocycles. The minimum Gasteiger partial charge on any atom is -0.359 e. The molecule has 1 aromatic carbocycles. The third-order valence-corrected chi connectivity index (χ3v) is 3.96. The van der Waals surface area contributed by atoms with Crippen molar-refractivity contribution in [3.05, 3.63) is 29.3 Å². The zero-order valence-corrected chi connectivity index (χ0v) is 17.8. The molecule has 2 unspecified atom stereocenters. The Kier molecular flexibility index (Phi) is 15.6. The second-order valence-electron chi connectivity index (χ2n) is 5.70. The molecule has 0 bridgehead atoms. The average Bonchev–Trinajstić information content (AvgIpc) is 2.66. The van der Waals surface area contributed by atoms with Crippen LogP contribution in [0.15, 0.2) is 18.2 Å². The Hall–Kier alpha value is -1.87. The lowest BCUT2D eigenvalue weighted by atomic mass is 9.97. The first-order valence-corrected chi connectivity index (χ1v) is 9.40. The number of ketones is 1. The first-order chi connectivity index (χ1) is 12.3. The Balaban J connectivity index is 0. The third-order valence-electron chi connectivity index (χ3n) is 3.46. The van der Waals surface area contributed by atoms with Gasteiger partial charge in [-0.2, -0.15) is 0 Å². The van der Waals surface area contributed by atoms with Gasteiger partial charge >= 0.3 is 0 Å². The summed E-state index contributed by atoms with van der Waals surface area (Å²) in [5, 5.41) is 3.29. The fourth-order valence-electron chi connectivity index (χ4n) is 1.94. The second-order valence-corrected chi connectivity index (χ2v) is 6.33. The van der Waals surface area contributed by atoms with Crippen LogP contribution in [0.25, 0.3) is 0 Å². The van der Waals surface area contributed by atoms with Crippen LogP contribution in [0.1, 0.15) is 68.2 Å². The highest BCUT2D eigenvalue weighted by molar-refractivity contribution is 7.27. The monoisotopic (exact) mass is 381 g/mol. The molecule has 0 aliphatic heterocycles. The molecule has 0 heterocycles. The van der Waals surface area contributed by atoms with Crippen molar-refractivity contribution in [2.45, 2.75) is 47.5 Å². The normalized spacial score (nSPS) is 10.5. The van der Waals surface area contributed by atoms with Crippen molar-refractivity contribution < 1.29 is 19.2 Å². The Morgan fingerprint density at radius 2 is 1.73 bits per heavy atom. The predicted molar refractivity (Wildman–Crippen MR) is 110 cm³/mol. The molecule has 1 aromatic rings. The Bertz CT molecular complexity index is 585. The summed E-state index contributed by atoms with van der Waals surface area (Å²) in [6.07, 6.45) is 2.68. The lowest BCUT2D eigenvalue weighted by Crippen LogP contribution is -2.25. The van der Waals surface area contributed by atoms with Gasteiger partial charge in [0.05, 0.1) is 0 Å². The van der Waals surface area contributed by atoms with E-state index >= 15 is 0 Å². The summed E-state index contributed by atoms with van der Waals surface area (Å²) >= 11 is 0. The van der Waals surface area contributed by atoms with Crippen LogP contribution in [-0.2, 0) is 9.59 Å². The largest absolute Gasteiger partial charge is 0.359 e. The van der Waals surface area contributed by atoms with Crippen LogP contribution >= 0.6 is 9.24 Å². The number of benzene rings is 1. The molecule has 0 radical (unpaired) electrons. The Morgan fingerprint density at radius 3 is 2.15 bits per heavy atom. The second kappa shape index (κ2) is 15.4. The lowest BCUT2D eigenvalue weighted by molar-refractivity contribution is -0.124. The van der Waals surface area contributed by atoms with Crippen LogP contribution in [0, 0.1) is 11.8 Å². The molecule has 0 aromatic heterocycles. The van der Waals surface area contributed by atoms with E-state index in [1.807, 2.05) is 34.6 Å². The van der Waals surface area contributed by atoms with E-state index in [0.717, 1.165) is 17.9 Å². The molecule has 0 saturated heterocycles. The maximum atomic E-state index is 11.7. The quantitative estimate of drug-likeness (QED) is 0.447. The molecule has 0 spiro atoms. The van der Waals surface area contributed by atoms with Gasteiger partial charge in [0.2, 0.25) is 5.91 Å². The van der Waals surface area contributed by atoms with Crippen molar-refractivity contribution in [1.29, 1.82) is 0 Å². The van der Waals surface area contributed by atoms with E-state index in [1.165, 1.54) is 0 Å². The summed E-state index contributed by atoms with van der Waals surface area (Å²) in [4.78, 5) is 43.2. The van der Waals surface area contributed by atoms with E-state index in [9.17, 15) is 19.2 Å². The van der Waals surface area contributed by atoms with Crippen LogP contribution in [-0.4, -0.2) is 31.3 Å². The maximum Gasteiger partial charge on any atom is 0.222 e. The number of nitrogens with one attached hydrogen (secondary N) is 1. The molecule has 26 heavy (non-hydrogen) atoms. The van der Waals surface area contributed by atoms with Gasteiger partial charge in [-0.3, -0.25) is 14.4 Å². The molecule has 146 valence electrons. The van der Waals surface area contributed by atoms with Crippen molar-refractivity contribution in [3.63, 3.8) is 0 Å². The number of hydrogen-bond donors (Lipinski definition) is 1. The summed E-state index contributed by atoms with van der Waals surface area (Å²) in [5.41, 5.74) is 0.999. The summed E-state index contributed by atoms with van der Waals surface area (Å²) in [7, 11) is 4.06. The SMILES string of the molecule is CC.CC(C)C(=O)c1cccc(P)c1C=O.CNC(=O)C(C)CCC=O. The van der Waals surface area contributed by atoms with E-state index in [0.29, 0.717) is 24.0 Å². The van der Waals surface area contributed by atoms with E-state index in [-0.39, 0.29) is 23.5 Å². The van der Waals surface area contributed by atoms with Crippen molar-refractivity contribution in [3.8, 4) is 0 Å². The minimum atomic E-state index is -0.0829. The molecule has 0 aliphatic rings. The fraction of sp³-hybridized carbons (Fsp3) is 0.500. The van der Waals surface area contributed by atoms with E-state index in [1.54, 1.807) is 25.2 Å². The van der Waals surface area contributed by atoms with Crippen molar-refractivity contribution in [2.75, 3.05) is 7.05 Å². The number of carbonyl (C=O) groups excluding carboxylic acids is 4. The molecule has 5 nitrogen and oxygen atoms in total. The van der Waals surface area contributed by atoms with Gasteiger partial charge in [0.15, 0.2) is 12.1 Å².